The minimum Gasteiger partial charge on any atom is -0.468 e. The minimum absolute atomic E-state index is 0.246. The summed E-state index contributed by atoms with van der Waals surface area (Å²) < 4.78 is 15.0. The standard InChI is InChI=1S/C16H16O6/c1-20-14(18)16(15(19)21-2)11-7-9-5-3-4-6-10(9)8-12(16)22-13(11)17/h3-6,11-12H,7-8H2,1-2H3/t11-,12-/m1/s1. The van der Waals surface area contributed by atoms with Gasteiger partial charge in [-0.25, -0.2) is 0 Å². The average Bonchev–Trinajstić information content (AvgIpc) is 2.70. The zero-order valence-electron chi connectivity index (χ0n) is 12.3. The Bertz CT molecular complexity index is 634. The van der Waals surface area contributed by atoms with Crippen LogP contribution in [-0.2, 0) is 41.4 Å². The number of rotatable bonds is 2. The molecular weight excluding hydrogens is 288 g/mol. The van der Waals surface area contributed by atoms with Gasteiger partial charge in [-0.2, -0.15) is 0 Å². The smallest absolute Gasteiger partial charge is 0.328 e. The van der Waals surface area contributed by atoms with Crippen LogP contribution in [0.3, 0.4) is 0 Å². The van der Waals surface area contributed by atoms with Gasteiger partial charge < -0.3 is 14.2 Å². The van der Waals surface area contributed by atoms with E-state index in [-0.39, 0.29) is 12.8 Å². The van der Waals surface area contributed by atoms with Crippen LogP contribution in [0.4, 0.5) is 0 Å². The Balaban J connectivity index is 2.18. The molecule has 0 unspecified atom stereocenters. The van der Waals surface area contributed by atoms with Crippen molar-refractivity contribution in [2.45, 2.75) is 18.9 Å². The lowest BCUT2D eigenvalue weighted by Crippen LogP contribution is -2.52. The molecule has 0 N–H and O–H groups in total. The van der Waals surface area contributed by atoms with Crippen LogP contribution < -0.4 is 0 Å². The largest absolute Gasteiger partial charge is 0.468 e. The van der Waals surface area contributed by atoms with Gasteiger partial charge in [0, 0.05) is 6.42 Å². The Kier molecular flexibility index (Phi) is 3.39. The lowest BCUT2D eigenvalue weighted by Gasteiger charge is -2.29. The summed E-state index contributed by atoms with van der Waals surface area (Å²) in [5.74, 6) is -3.06. The topological polar surface area (TPSA) is 78.9 Å². The zero-order valence-corrected chi connectivity index (χ0v) is 12.3. The molecule has 0 spiro atoms. The first-order valence-electron chi connectivity index (χ1n) is 6.99. The number of methoxy groups -OCH3 is 2. The lowest BCUT2D eigenvalue weighted by molar-refractivity contribution is -0.176. The molecule has 2 aliphatic rings. The van der Waals surface area contributed by atoms with E-state index in [9.17, 15) is 14.4 Å². The predicted octanol–water partition coefficient (Wildman–Crippen LogP) is 0.659. The molecule has 1 heterocycles. The van der Waals surface area contributed by atoms with Crippen molar-refractivity contribution in [3.05, 3.63) is 35.4 Å². The van der Waals surface area contributed by atoms with E-state index in [1.165, 1.54) is 14.2 Å². The van der Waals surface area contributed by atoms with Crippen LogP contribution in [0.1, 0.15) is 11.1 Å². The first kappa shape index (κ1) is 14.6. The molecule has 3 rings (SSSR count). The van der Waals surface area contributed by atoms with Gasteiger partial charge in [-0.15, -0.1) is 0 Å². The summed E-state index contributed by atoms with van der Waals surface area (Å²) in [6.07, 6.45) is -0.383. The molecular formula is C16H16O6. The number of esters is 3. The van der Waals surface area contributed by atoms with Gasteiger partial charge in [-0.1, -0.05) is 24.3 Å². The SMILES string of the molecule is COC(=O)C1(C(=O)OC)[C@@H]2Cc3ccccc3C[C@H]1OC2=O. The fourth-order valence-electron chi connectivity index (χ4n) is 3.52. The molecule has 2 bridgehead atoms. The Morgan fingerprint density at radius 2 is 1.64 bits per heavy atom. The predicted molar refractivity (Wildman–Crippen MR) is 73.7 cm³/mol. The van der Waals surface area contributed by atoms with Crippen molar-refractivity contribution in [3.63, 3.8) is 0 Å². The number of benzene rings is 1. The van der Waals surface area contributed by atoms with Gasteiger partial charge in [0.2, 0.25) is 5.41 Å². The molecule has 6 heteroatoms. The van der Waals surface area contributed by atoms with Crippen LogP contribution in [0.5, 0.6) is 0 Å². The molecule has 1 saturated heterocycles. The van der Waals surface area contributed by atoms with E-state index in [2.05, 4.69) is 0 Å². The third-order valence-electron chi connectivity index (χ3n) is 4.59. The second kappa shape index (κ2) is 5.12. The van der Waals surface area contributed by atoms with E-state index in [0.717, 1.165) is 11.1 Å². The van der Waals surface area contributed by atoms with Crippen molar-refractivity contribution in [1.29, 1.82) is 0 Å². The van der Waals surface area contributed by atoms with Crippen LogP contribution in [0.25, 0.3) is 0 Å². The maximum Gasteiger partial charge on any atom is 0.328 e. The first-order valence-corrected chi connectivity index (χ1v) is 6.99. The zero-order chi connectivity index (χ0) is 15.9. The molecule has 0 radical (unpaired) electrons. The Morgan fingerprint density at radius 3 is 2.18 bits per heavy atom. The summed E-state index contributed by atoms with van der Waals surface area (Å²) in [6, 6.07) is 7.53. The average molecular weight is 304 g/mol. The van der Waals surface area contributed by atoms with Gasteiger partial charge in [0.05, 0.1) is 20.1 Å². The molecule has 1 aromatic carbocycles. The molecule has 22 heavy (non-hydrogen) atoms. The lowest BCUT2D eigenvalue weighted by atomic mass is 9.71. The number of fused-ring (bicyclic) bond motifs is 3. The first-order chi connectivity index (χ1) is 10.6. The van der Waals surface area contributed by atoms with Crippen molar-refractivity contribution in [1.82, 2.24) is 0 Å². The van der Waals surface area contributed by atoms with Crippen LogP contribution in [0, 0.1) is 11.3 Å². The summed E-state index contributed by atoms with van der Waals surface area (Å²) in [5.41, 5.74) is 0.156. The van der Waals surface area contributed by atoms with E-state index in [0.29, 0.717) is 0 Å². The summed E-state index contributed by atoms with van der Waals surface area (Å²) in [4.78, 5) is 37.1. The summed E-state index contributed by atoms with van der Waals surface area (Å²) in [5, 5.41) is 0. The van der Waals surface area contributed by atoms with E-state index in [1.807, 2.05) is 24.3 Å². The van der Waals surface area contributed by atoms with E-state index in [4.69, 9.17) is 14.2 Å². The second-order valence-corrected chi connectivity index (χ2v) is 5.51. The highest BCUT2D eigenvalue weighted by Gasteiger charge is 2.69. The number of ether oxygens (including phenoxy) is 3. The van der Waals surface area contributed by atoms with Crippen LogP contribution in [-0.4, -0.2) is 38.2 Å². The van der Waals surface area contributed by atoms with Gasteiger partial charge >= 0.3 is 17.9 Å². The summed E-state index contributed by atoms with van der Waals surface area (Å²) in [7, 11) is 2.38. The summed E-state index contributed by atoms with van der Waals surface area (Å²) >= 11 is 0. The van der Waals surface area contributed by atoms with Crippen molar-refractivity contribution >= 4 is 17.9 Å². The van der Waals surface area contributed by atoms with Gasteiger partial charge in [-0.3, -0.25) is 14.4 Å². The fraction of sp³-hybridized carbons (Fsp3) is 0.438. The molecule has 1 fully saturated rings. The minimum atomic E-state index is -1.74. The summed E-state index contributed by atoms with van der Waals surface area (Å²) in [6.45, 7) is 0. The Labute approximate surface area is 127 Å². The molecule has 6 nitrogen and oxygen atoms in total. The molecule has 2 atom stereocenters. The van der Waals surface area contributed by atoms with Crippen LogP contribution >= 0.6 is 0 Å². The molecule has 0 saturated carbocycles. The fourth-order valence-corrected chi connectivity index (χ4v) is 3.52. The Morgan fingerprint density at radius 1 is 1.09 bits per heavy atom. The number of carbonyl (C=O) groups excluding carboxylic acids is 3. The van der Waals surface area contributed by atoms with Crippen molar-refractivity contribution < 1.29 is 28.6 Å². The van der Waals surface area contributed by atoms with Gasteiger partial charge in [0.25, 0.3) is 0 Å². The monoisotopic (exact) mass is 304 g/mol. The van der Waals surface area contributed by atoms with Gasteiger partial charge in [0.1, 0.15) is 6.10 Å². The van der Waals surface area contributed by atoms with E-state index < -0.39 is 35.3 Å². The van der Waals surface area contributed by atoms with E-state index in [1.54, 1.807) is 0 Å². The highest BCUT2D eigenvalue weighted by atomic mass is 16.6. The highest BCUT2D eigenvalue weighted by molar-refractivity contribution is 6.07. The molecule has 116 valence electrons. The number of hydrogen-bond donors (Lipinski definition) is 0. The number of carbonyl (C=O) groups is 3. The quantitative estimate of drug-likeness (QED) is 0.454. The third-order valence-corrected chi connectivity index (χ3v) is 4.59. The molecule has 0 amide bonds. The van der Waals surface area contributed by atoms with Crippen molar-refractivity contribution in [2.24, 2.45) is 11.3 Å². The van der Waals surface area contributed by atoms with Crippen molar-refractivity contribution in [2.75, 3.05) is 14.2 Å². The highest BCUT2D eigenvalue weighted by Crippen LogP contribution is 2.48. The molecule has 1 aromatic rings. The maximum atomic E-state index is 12.4. The van der Waals surface area contributed by atoms with Crippen molar-refractivity contribution in [3.8, 4) is 0 Å². The molecule has 1 aliphatic heterocycles. The van der Waals surface area contributed by atoms with Crippen LogP contribution in [0.15, 0.2) is 24.3 Å². The number of hydrogen-bond acceptors (Lipinski definition) is 6. The maximum absolute atomic E-state index is 12.4. The van der Waals surface area contributed by atoms with Gasteiger partial charge in [-0.05, 0) is 17.5 Å². The van der Waals surface area contributed by atoms with E-state index >= 15 is 0 Å². The second-order valence-electron chi connectivity index (χ2n) is 5.51. The van der Waals surface area contributed by atoms with Gasteiger partial charge in [0.15, 0.2) is 0 Å². The molecule has 0 aromatic heterocycles. The third kappa shape index (κ3) is 1.76. The Hall–Kier alpha value is -2.37. The normalized spacial score (nSPS) is 24.7. The van der Waals surface area contributed by atoms with Crippen LogP contribution in [0.2, 0.25) is 0 Å². The molecule has 1 aliphatic carbocycles.